The van der Waals surface area contributed by atoms with E-state index in [9.17, 15) is 32.3 Å². The van der Waals surface area contributed by atoms with E-state index in [-0.39, 0.29) is 21.0 Å². The number of nitrogens with one attached hydrogen (secondary N) is 1. The minimum absolute atomic E-state index is 0.00281. The van der Waals surface area contributed by atoms with Crippen LogP contribution in [0.4, 0.5) is 18.3 Å². The second-order valence-corrected chi connectivity index (χ2v) is 7.84. The summed E-state index contributed by atoms with van der Waals surface area (Å²) in [5, 5.41) is 2.09. The van der Waals surface area contributed by atoms with Crippen LogP contribution in [0.15, 0.2) is 22.0 Å². The first kappa shape index (κ1) is 22.2. The highest BCUT2D eigenvalue weighted by atomic mass is 32.1. The Hall–Kier alpha value is -4.01. The Labute approximate surface area is 184 Å². The van der Waals surface area contributed by atoms with Gasteiger partial charge in [-0.05, 0) is 6.07 Å². The number of carbonyl (C=O) groups is 2. The smallest absolute Gasteiger partial charge is 0.332 e. The number of amides is 1. The van der Waals surface area contributed by atoms with Crippen molar-refractivity contribution in [2.24, 2.45) is 14.1 Å². The number of rotatable bonds is 5. The SMILES string of the molecule is Cn1c(=O)c2c(ncn2CC(=O)OCC(=O)Nc2nc3c(F)c(F)c(F)cc3s2)n(C)c1=O. The number of benzene rings is 1. The van der Waals surface area contributed by atoms with Crippen molar-refractivity contribution >= 4 is 49.7 Å². The van der Waals surface area contributed by atoms with Gasteiger partial charge in [-0.1, -0.05) is 11.3 Å². The first-order valence-corrected chi connectivity index (χ1v) is 9.90. The number of fused-ring (bicyclic) bond motifs is 2. The highest BCUT2D eigenvalue weighted by Gasteiger charge is 2.20. The minimum Gasteiger partial charge on any atom is -0.454 e. The van der Waals surface area contributed by atoms with Crippen molar-refractivity contribution < 1.29 is 27.5 Å². The standard InChI is InChI=1S/C18H13F3N6O5S/c1-25-15-14(16(30)26(2)18(25)31)27(6-22-15)4-10(29)32-5-9(28)23-17-24-13-8(33-17)3-7(19)11(20)12(13)21/h3,6H,4-5H2,1-2H3,(H,23,24,28). The van der Waals surface area contributed by atoms with Crippen molar-refractivity contribution in [2.45, 2.75) is 6.54 Å². The van der Waals surface area contributed by atoms with Gasteiger partial charge in [0, 0.05) is 14.1 Å². The van der Waals surface area contributed by atoms with Crippen molar-refractivity contribution in [3.63, 3.8) is 0 Å². The number of imidazole rings is 1. The number of halogens is 3. The van der Waals surface area contributed by atoms with Crippen LogP contribution in [0.3, 0.4) is 0 Å². The molecule has 3 aromatic heterocycles. The van der Waals surface area contributed by atoms with Gasteiger partial charge in [0.05, 0.1) is 11.0 Å². The Morgan fingerprint density at radius 1 is 1.15 bits per heavy atom. The molecule has 0 saturated carbocycles. The molecule has 33 heavy (non-hydrogen) atoms. The molecule has 0 aliphatic heterocycles. The summed E-state index contributed by atoms with van der Waals surface area (Å²) in [7, 11) is 2.70. The number of anilines is 1. The van der Waals surface area contributed by atoms with Gasteiger partial charge in [-0.15, -0.1) is 0 Å². The van der Waals surface area contributed by atoms with Gasteiger partial charge < -0.3 is 9.30 Å². The number of nitrogens with zero attached hydrogens (tertiary/aromatic N) is 5. The van der Waals surface area contributed by atoms with Crippen LogP contribution < -0.4 is 16.6 Å². The normalized spacial score (nSPS) is 11.3. The molecule has 0 saturated heterocycles. The van der Waals surface area contributed by atoms with Gasteiger partial charge in [0.15, 0.2) is 40.4 Å². The van der Waals surface area contributed by atoms with Crippen molar-refractivity contribution in [1.29, 1.82) is 0 Å². The van der Waals surface area contributed by atoms with E-state index in [1.165, 1.54) is 25.0 Å². The van der Waals surface area contributed by atoms with Gasteiger partial charge >= 0.3 is 11.7 Å². The average molecular weight is 482 g/mol. The van der Waals surface area contributed by atoms with Gasteiger partial charge in [-0.3, -0.25) is 28.8 Å². The van der Waals surface area contributed by atoms with Crippen molar-refractivity contribution in [2.75, 3.05) is 11.9 Å². The van der Waals surface area contributed by atoms with Crippen LogP contribution in [-0.2, 0) is 35.0 Å². The molecule has 0 aliphatic rings. The molecule has 0 radical (unpaired) electrons. The molecule has 4 aromatic rings. The maximum Gasteiger partial charge on any atom is 0.332 e. The molecule has 1 N–H and O–H groups in total. The summed E-state index contributed by atoms with van der Waals surface area (Å²) in [4.78, 5) is 56.2. The zero-order valence-corrected chi connectivity index (χ0v) is 17.7. The topological polar surface area (TPSA) is 130 Å². The number of hydrogen-bond donors (Lipinski definition) is 1. The average Bonchev–Trinajstić information content (AvgIpc) is 3.37. The monoisotopic (exact) mass is 482 g/mol. The third kappa shape index (κ3) is 3.86. The number of aryl methyl sites for hydroxylation is 1. The van der Waals surface area contributed by atoms with E-state index in [0.717, 1.165) is 15.2 Å². The number of ether oxygens (including phenoxy) is 1. The van der Waals surface area contributed by atoms with Crippen LogP contribution in [0.25, 0.3) is 21.4 Å². The molecule has 15 heteroatoms. The highest BCUT2D eigenvalue weighted by Crippen LogP contribution is 2.30. The summed E-state index contributed by atoms with van der Waals surface area (Å²) in [5.74, 6) is -6.28. The number of thiazole rings is 1. The molecule has 3 heterocycles. The summed E-state index contributed by atoms with van der Waals surface area (Å²) < 4.78 is 48.4. The lowest BCUT2D eigenvalue weighted by Gasteiger charge is -2.07. The quantitative estimate of drug-likeness (QED) is 0.326. The largest absolute Gasteiger partial charge is 0.454 e. The Balaban J connectivity index is 1.43. The lowest BCUT2D eigenvalue weighted by molar-refractivity contribution is -0.147. The van der Waals surface area contributed by atoms with Gasteiger partial charge in [-0.25, -0.2) is 27.9 Å². The zero-order chi connectivity index (χ0) is 24.0. The predicted molar refractivity (Wildman–Crippen MR) is 109 cm³/mol. The van der Waals surface area contributed by atoms with Gasteiger partial charge in [-0.2, -0.15) is 0 Å². The fraction of sp³-hybridized carbons (Fsp3) is 0.222. The summed E-state index contributed by atoms with van der Waals surface area (Å²) >= 11 is 0.700. The van der Waals surface area contributed by atoms with Crippen LogP contribution in [0.2, 0.25) is 0 Å². The molecular formula is C18H13F3N6O5S. The van der Waals surface area contributed by atoms with E-state index in [1.807, 2.05) is 0 Å². The van der Waals surface area contributed by atoms with E-state index < -0.39 is 59.2 Å². The van der Waals surface area contributed by atoms with Crippen LogP contribution in [0.1, 0.15) is 0 Å². The van der Waals surface area contributed by atoms with Crippen molar-refractivity contribution in [3.05, 3.63) is 50.7 Å². The Morgan fingerprint density at radius 2 is 1.88 bits per heavy atom. The summed E-state index contributed by atoms with van der Waals surface area (Å²) in [6, 6.07) is 0.747. The van der Waals surface area contributed by atoms with E-state index in [0.29, 0.717) is 11.3 Å². The summed E-state index contributed by atoms with van der Waals surface area (Å²) in [6.07, 6.45) is 1.18. The van der Waals surface area contributed by atoms with E-state index >= 15 is 0 Å². The minimum atomic E-state index is -1.68. The first-order valence-electron chi connectivity index (χ1n) is 9.08. The molecule has 0 fully saturated rings. The van der Waals surface area contributed by atoms with Gasteiger partial charge in [0.25, 0.3) is 11.5 Å². The van der Waals surface area contributed by atoms with E-state index in [1.54, 1.807) is 0 Å². The first-order chi connectivity index (χ1) is 15.6. The molecule has 0 bridgehead atoms. The third-order valence-electron chi connectivity index (χ3n) is 4.65. The van der Waals surface area contributed by atoms with Crippen LogP contribution >= 0.6 is 11.3 Å². The third-order valence-corrected chi connectivity index (χ3v) is 5.57. The number of aromatic nitrogens is 5. The second kappa shape index (κ2) is 8.16. The molecule has 0 spiro atoms. The molecule has 4 rings (SSSR count). The van der Waals surface area contributed by atoms with Crippen molar-refractivity contribution in [3.8, 4) is 0 Å². The molecule has 0 aliphatic carbocycles. The molecule has 11 nitrogen and oxygen atoms in total. The molecule has 0 unspecified atom stereocenters. The number of esters is 1. The highest BCUT2D eigenvalue weighted by molar-refractivity contribution is 7.22. The molecular weight excluding hydrogens is 469 g/mol. The van der Waals surface area contributed by atoms with Gasteiger partial charge in [0.1, 0.15) is 12.1 Å². The van der Waals surface area contributed by atoms with Crippen molar-refractivity contribution in [1.82, 2.24) is 23.7 Å². The van der Waals surface area contributed by atoms with E-state index in [4.69, 9.17) is 4.74 Å². The molecule has 0 atom stereocenters. The number of hydrogen-bond acceptors (Lipinski definition) is 8. The predicted octanol–water partition coefficient (Wildman–Crippen LogP) is 0.643. The lowest BCUT2D eigenvalue weighted by atomic mass is 10.3. The maximum atomic E-state index is 13.8. The second-order valence-electron chi connectivity index (χ2n) is 6.81. The summed E-state index contributed by atoms with van der Waals surface area (Å²) in [5.41, 5.74) is -1.62. The summed E-state index contributed by atoms with van der Waals surface area (Å²) in [6.45, 7) is -1.22. The van der Waals surface area contributed by atoms with Crippen LogP contribution in [-0.4, -0.2) is 42.2 Å². The number of carbonyl (C=O) groups excluding carboxylic acids is 2. The fourth-order valence-electron chi connectivity index (χ4n) is 3.03. The Bertz CT molecular complexity index is 1570. The Morgan fingerprint density at radius 3 is 2.61 bits per heavy atom. The molecule has 172 valence electrons. The zero-order valence-electron chi connectivity index (χ0n) is 16.9. The Kier molecular flexibility index (Phi) is 5.49. The van der Waals surface area contributed by atoms with E-state index in [2.05, 4.69) is 15.3 Å². The molecule has 1 aromatic carbocycles. The van der Waals surface area contributed by atoms with Crippen LogP contribution in [0.5, 0.6) is 0 Å². The fourth-order valence-corrected chi connectivity index (χ4v) is 3.94. The maximum absolute atomic E-state index is 13.8. The van der Waals surface area contributed by atoms with Gasteiger partial charge in [0.2, 0.25) is 0 Å². The molecule has 1 amide bonds. The lowest BCUT2D eigenvalue weighted by Crippen LogP contribution is -2.37. The van der Waals surface area contributed by atoms with Crippen LogP contribution in [0, 0.1) is 17.5 Å².